The number of carbonyl (C=O) groups excluding carboxylic acids is 2. The Kier molecular flexibility index (Phi) is 4.56. The molecule has 0 radical (unpaired) electrons. The fraction of sp³-hybridized carbons (Fsp3) is 0.462. The van der Waals surface area contributed by atoms with Gasteiger partial charge in [0.2, 0.25) is 11.9 Å². The molecule has 0 saturated carbocycles. The third-order valence-corrected chi connectivity index (χ3v) is 4.21. The number of aryl methyl sites for hydroxylation is 1. The SMILES string of the molecule is CC(=O)SCC1CC(=O)N(c2ncc(C(=O)O)c(C)n2)C1. The molecule has 1 aliphatic rings. The highest BCUT2D eigenvalue weighted by Gasteiger charge is 2.32. The first kappa shape index (κ1) is 15.4. The lowest BCUT2D eigenvalue weighted by molar-refractivity contribution is -0.117. The van der Waals surface area contributed by atoms with Gasteiger partial charge in [-0.1, -0.05) is 11.8 Å². The molecule has 0 bridgehead atoms. The van der Waals surface area contributed by atoms with Crippen LogP contribution in [0, 0.1) is 12.8 Å². The molecule has 0 spiro atoms. The number of carboxylic acids is 1. The molecule has 8 heteroatoms. The Morgan fingerprint density at radius 3 is 2.81 bits per heavy atom. The highest BCUT2D eigenvalue weighted by molar-refractivity contribution is 8.13. The quantitative estimate of drug-likeness (QED) is 0.889. The molecule has 1 atom stereocenters. The van der Waals surface area contributed by atoms with E-state index >= 15 is 0 Å². The summed E-state index contributed by atoms with van der Waals surface area (Å²) in [5, 5.41) is 8.97. The Morgan fingerprint density at radius 1 is 1.52 bits per heavy atom. The number of hydrogen-bond donors (Lipinski definition) is 1. The van der Waals surface area contributed by atoms with Crippen LogP contribution in [0.3, 0.4) is 0 Å². The molecule has 1 fully saturated rings. The number of hydrogen-bond acceptors (Lipinski definition) is 6. The van der Waals surface area contributed by atoms with Crippen LogP contribution in [0.25, 0.3) is 0 Å². The number of thioether (sulfide) groups is 1. The number of aromatic nitrogens is 2. The van der Waals surface area contributed by atoms with E-state index < -0.39 is 5.97 Å². The van der Waals surface area contributed by atoms with Crippen molar-refractivity contribution in [3.63, 3.8) is 0 Å². The van der Waals surface area contributed by atoms with Gasteiger partial charge < -0.3 is 5.11 Å². The monoisotopic (exact) mass is 309 g/mol. The van der Waals surface area contributed by atoms with E-state index in [1.165, 1.54) is 29.8 Å². The van der Waals surface area contributed by atoms with Crippen molar-refractivity contribution >= 4 is 34.7 Å². The molecule has 1 N–H and O–H groups in total. The minimum Gasteiger partial charge on any atom is -0.478 e. The van der Waals surface area contributed by atoms with E-state index in [1.54, 1.807) is 6.92 Å². The van der Waals surface area contributed by atoms with Crippen LogP contribution in [-0.4, -0.2) is 44.4 Å². The number of carboxylic acid groups (broad SMARTS) is 1. The van der Waals surface area contributed by atoms with Crippen LogP contribution in [0.4, 0.5) is 5.95 Å². The van der Waals surface area contributed by atoms with Gasteiger partial charge in [-0.15, -0.1) is 0 Å². The second kappa shape index (κ2) is 6.21. The summed E-state index contributed by atoms with van der Waals surface area (Å²) in [4.78, 5) is 43.4. The summed E-state index contributed by atoms with van der Waals surface area (Å²) in [6.45, 7) is 3.51. The standard InChI is InChI=1S/C13H15N3O4S/c1-7-10(12(19)20)4-14-13(15-7)16-5-9(3-11(16)18)6-21-8(2)17/h4,9H,3,5-6H2,1-2H3,(H,19,20). The van der Waals surface area contributed by atoms with Crippen molar-refractivity contribution in [1.29, 1.82) is 0 Å². The van der Waals surface area contributed by atoms with Gasteiger partial charge in [0, 0.05) is 31.8 Å². The lowest BCUT2D eigenvalue weighted by atomic mass is 10.1. The summed E-state index contributed by atoms with van der Waals surface area (Å²) in [7, 11) is 0. The second-order valence-corrected chi connectivity index (χ2v) is 6.05. The van der Waals surface area contributed by atoms with Gasteiger partial charge in [0.05, 0.1) is 11.3 Å². The van der Waals surface area contributed by atoms with Gasteiger partial charge in [0.15, 0.2) is 5.12 Å². The van der Waals surface area contributed by atoms with E-state index in [9.17, 15) is 14.4 Å². The summed E-state index contributed by atoms with van der Waals surface area (Å²) in [6.07, 6.45) is 1.56. The lowest BCUT2D eigenvalue weighted by Crippen LogP contribution is -2.27. The predicted molar refractivity (Wildman–Crippen MR) is 77.3 cm³/mol. The highest BCUT2D eigenvalue weighted by atomic mass is 32.2. The van der Waals surface area contributed by atoms with Crippen molar-refractivity contribution in [1.82, 2.24) is 9.97 Å². The summed E-state index contributed by atoms with van der Waals surface area (Å²) < 4.78 is 0. The number of aromatic carboxylic acids is 1. The molecule has 7 nitrogen and oxygen atoms in total. The van der Waals surface area contributed by atoms with Crippen molar-refractivity contribution in [2.75, 3.05) is 17.2 Å². The first-order valence-electron chi connectivity index (χ1n) is 6.39. The molecule has 2 heterocycles. The van der Waals surface area contributed by atoms with Crippen molar-refractivity contribution in [2.24, 2.45) is 5.92 Å². The van der Waals surface area contributed by atoms with Gasteiger partial charge in [0.25, 0.3) is 0 Å². The molecule has 112 valence electrons. The van der Waals surface area contributed by atoms with Crippen molar-refractivity contribution in [3.8, 4) is 0 Å². The van der Waals surface area contributed by atoms with E-state index in [0.29, 0.717) is 24.4 Å². The third kappa shape index (κ3) is 3.57. The fourth-order valence-electron chi connectivity index (χ4n) is 2.12. The number of rotatable bonds is 4. The minimum atomic E-state index is -1.09. The van der Waals surface area contributed by atoms with Crippen molar-refractivity contribution in [3.05, 3.63) is 17.5 Å². The minimum absolute atomic E-state index is 0.0223. The van der Waals surface area contributed by atoms with E-state index in [2.05, 4.69) is 9.97 Å². The van der Waals surface area contributed by atoms with Crippen LogP contribution in [0.15, 0.2) is 6.20 Å². The maximum Gasteiger partial charge on any atom is 0.339 e. The molecule has 2 rings (SSSR count). The Morgan fingerprint density at radius 2 is 2.24 bits per heavy atom. The fourth-order valence-corrected chi connectivity index (χ4v) is 2.81. The zero-order chi connectivity index (χ0) is 15.6. The zero-order valence-corrected chi connectivity index (χ0v) is 12.5. The molecule has 21 heavy (non-hydrogen) atoms. The summed E-state index contributed by atoms with van der Waals surface area (Å²) in [6, 6.07) is 0. The maximum absolute atomic E-state index is 12.0. The van der Waals surface area contributed by atoms with Gasteiger partial charge in [-0.2, -0.15) is 0 Å². The Labute approximate surface area is 125 Å². The average Bonchev–Trinajstić information content (AvgIpc) is 2.77. The summed E-state index contributed by atoms with van der Waals surface area (Å²) in [5.41, 5.74) is 0.343. The number of carbonyl (C=O) groups is 3. The lowest BCUT2D eigenvalue weighted by Gasteiger charge is -2.15. The first-order valence-corrected chi connectivity index (χ1v) is 7.37. The molecule has 1 aromatic rings. The number of amides is 1. The van der Waals surface area contributed by atoms with E-state index in [0.717, 1.165) is 0 Å². The van der Waals surface area contributed by atoms with Crippen LogP contribution in [0.1, 0.15) is 29.4 Å². The molecule has 1 amide bonds. The number of anilines is 1. The predicted octanol–water partition coefficient (Wildman–Crippen LogP) is 1.12. The van der Waals surface area contributed by atoms with Crippen LogP contribution >= 0.6 is 11.8 Å². The molecule has 1 unspecified atom stereocenters. The third-order valence-electron chi connectivity index (χ3n) is 3.17. The average molecular weight is 309 g/mol. The van der Waals surface area contributed by atoms with Crippen LogP contribution in [0.2, 0.25) is 0 Å². The highest BCUT2D eigenvalue weighted by Crippen LogP contribution is 2.25. The van der Waals surface area contributed by atoms with Gasteiger partial charge >= 0.3 is 5.97 Å². The zero-order valence-electron chi connectivity index (χ0n) is 11.7. The molecule has 0 aromatic carbocycles. The largest absolute Gasteiger partial charge is 0.478 e. The normalized spacial score (nSPS) is 18.1. The summed E-state index contributed by atoms with van der Waals surface area (Å²) in [5.74, 6) is -0.314. The second-order valence-electron chi connectivity index (χ2n) is 4.85. The topological polar surface area (TPSA) is 100 Å². The molecule has 1 aromatic heterocycles. The van der Waals surface area contributed by atoms with Gasteiger partial charge in [-0.3, -0.25) is 14.5 Å². The van der Waals surface area contributed by atoms with Crippen LogP contribution in [-0.2, 0) is 9.59 Å². The van der Waals surface area contributed by atoms with Gasteiger partial charge in [-0.25, -0.2) is 14.8 Å². The number of nitrogens with zero attached hydrogens (tertiary/aromatic N) is 3. The maximum atomic E-state index is 12.0. The van der Waals surface area contributed by atoms with Crippen molar-refractivity contribution < 1.29 is 19.5 Å². The van der Waals surface area contributed by atoms with Crippen LogP contribution in [0.5, 0.6) is 0 Å². The first-order chi connectivity index (χ1) is 9.88. The van der Waals surface area contributed by atoms with Gasteiger partial charge in [0.1, 0.15) is 0 Å². The Hall–Kier alpha value is -1.96. The van der Waals surface area contributed by atoms with Crippen LogP contribution < -0.4 is 4.90 Å². The Bertz CT molecular complexity index is 605. The molecule has 1 saturated heterocycles. The Balaban J connectivity index is 2.12. The smallest absolute Gasteiger partial charge is 0.339 e. The molecule has 1 aliphatic heterocycles. The van der Waals surface area contributed by atoms with Crippen molar-refractivity contribution in [2.45, 2.75) is 20.3 Å². The molecule has 0 aliphatic carbocycles. The van der Waals surface area contributed by atoms with Gasteiger partial charge in [-0.05, 0) is 12.8 Å². The van der Waals surface area contributed by atoms with E-state index in [4.69, 9.17) is 5.11 Å². The van der Waals surface area contributed by atoms with E-state index in [1.807, 2.05) is 0 Å². The van der Waals surface area contributed by atoms with E-state index in [-0.39, 0.29) is 28.5 Å². The molecular formula is C13H15N3O4S. The summed E-state index contributed by atoms with van der Waals surface area (Å²) >= 11 is 1.20. The molecular weight excluding hydrogens is 294 g/mol.